The van der Waals surface area contributed by atoms with Crippen LogP contribution in [-0.2, 0) is 9.31 Å². The van der Waals surface area contributed by atoms with Gasteiger partial charge in [-0.2, -0.15) is 0 Å². The van der Waals surface area contributed by atoms with Gasteiger partial charge in [-0.1, -0.05) is 12.8 Å². The van der Waals surface area contributed by atoms with Crippen molar-refractivity contribution in [2.45, 2.75) is 70.4 Å². The predicted octanol–water partition coefficient (Wildman–Crippen LogP) is 2.61. The topological polar surface area (TPSA) is 30.5 Å². The van der Waals surface area contributed by atoms with Gasteiger partial charge in [-0.25, -0.2) is 0 Å². The second-order valence-corrected chi connectivity index (χ2v) is 7.43. The molecule has 1 aliphatic carbocycles. The van der Waals surface area contributed by atoms with E-state index in [1.54, 1.807) is 0 Å². The highest BCUT2D eigenvalue weighted by atomic mass is 16.7. The normalized spacial score (nSPS) is 36.7. The van der Waals surface area contributed by atoms with E-state index >= 15 is 0 Å². The zero-order valence-corrected chi connectivity index (χ0v) is 12.2. The first-order chi connectivity index (χ1) is 8.36. The lowest BCUT2D eigenvalue weighted by molar-refractivity contribution is 0.00578. The quantitative estimate of drug-likeness (QED) is 0.727. The average Bonchev–Trinajstić information content (AvgIpc) is 2.91. The summed E-state index contributed by atoms with van der Waals surface area (Å²) < 4.78 is 12.5. The van der Waals surface area contributed by atoms with E-state index < -0.39 is 0 Å². The Morgan fingerprint density at radius 3 is 2.11 bits per heavy atom. The standard InChI is InChI=1S/C14H26BNO2/c1-12(2)13(3,4)18-15(17-12)11-9-16-10-14(11)7-5-6-8-14/h11,16H,5-10H2,1-4H3. The van der Waals surface area contributed by atoms with Gasteiger partial charge in [-0.15, -0.1) is 0 Å². The van der Waals surface area contributed by atoms with E-state index in [2.05, 4.69) is 33.0 Å². The van der Waals surface area contributed by atoms with Gasteiger partial charge in [-0.05, 0) is 52.5 Å². The Kier molecular flexibility index (Phi) is 2.86. The van der Waals surface area contributed by atoms with Crippen molar-refractivity contribution in [3.63, 3.8) is 0 Å². The van der Waals surface area contributed by atoms with Crippen LogP contribution in [0.5, 0.6) is 0 Å². The smallest absolute Gasteiger partial charge is 0.403 e. The molecule has 1 saturated carbocycles. The van der Waals surface area contributed by atoms with Gasteiger partial charge in [0.1, 0.15) is 0 Å². The van der Waals surface area contributed by atoms with E-state index in [-0.39, 0.29) is 18.3 Å². The van der Waals surface area contributed by atoms with Gasteiger partial charge < -0.3 is 14.6 Å². The van der Waals surface area contributed by atoms with Crippen LogP contribution in [0, 0.1) is 5.41 Å². The zero-order chi connectivity index (χ0) is 13.0. The molecule has 3 nitrogen and oxygen atoms in total. The van der Waals surface area contributed by atoms with E-state index in [9.17, 15) is 0 Å². The molecule has 0 aromatic carbocycles. The summed E-state index contributed by atoms with van der Waals surface area (Å²) in [5, 5.41) is 3.58. The van der Waals surface area contributed by atoms with E-state index in [1.165, 1.54) is 25.7 Å². The minimum absolute atomic E-state index is 0.0249. The number of rotatable bonds is 1. The van der Waals surface area contributed by atoms with Crippen LogP contribution in [0.15, 0.2) is 0 Å². The van der Waals surface area contributed by atoms with E-state index in [1.807, 2.05) is 0 Å². The van der Waals surface area contributed by atoms with Crippen LogP contribution in [0.25, 0.3) is 0 Å². The molecule has 102 valence electrons. The molecule has 2 heterocycles. The van der Waals surface area contributed by atoms with Crippen molar-refractivity contribution in [2.24, 2.45) is 5.41 Å². The zero-order valence-electron chi connectivity index (χ0n) is 12.2. The Balaban J connectivity index is 1.80. The summed E-state index contributed by atoms with van der Waals surface area (Å²) >= 11 is 0. The fraction of sp³-hybridized carbons (Fsp3) is 1.00. The number of hydrogen-bond donors (Lipinski definition) is 1. The summed E-state index contributed by atoms with van der Waals surface area (Å²) in [6, 6.07) is 0. The Bertz CT molecular complexity index is 315. The van der Waals surface area contributed by atoms with Crippen LogP contribution < -0.4 is 5.32 Å². The van der Waals surface area contributed by atoms with Crippen LogP contribution in [0.3, 0.4) is 0 Å². The molecule has 1 spiro atoms. The minimum atomic E-state index is -0.194. The highest BCUT2D eigenvalue weighted by Gasteiger charge is 2.59. The number of nitrogens with one attached hydrogen (secondary N) is 1. The second kappa shape index (κ2) is 3.97. The second-order valence-electron chi connectivity index (χ2n) is 7.43. The Labute approximate surface area is 111 Å². The Morgan fingerprint density at radius 2 is 1.56 bits per heavy atom. The van der Waals surface area contributed by atoms with Crippen molar-refractivity contribution >= 4 is 7.12 Å². The molecule has 1 atom stereocenters. The van der Waals surface area contributed by atoms with Gasteiger partial charge in [0.25, 0.3) is 0 Å². The fourth-order valence-electron chi connectivity index (χ4n) is 3.89. The molecule has 3 fully saturated rings. The van der Waals surface area contributed by atoms with E-state index in [0.717, 1.165) is 13.1 Å². The van der Waals surface area contributed by atoms with E-state index in [4.69, 9.17) is 9.31 Å². The van der Waals surface area contributed by atoms with E-state index in [0.29, 0.717) is 11.2 Å². The maximum atomic E-state index is 6.27. The van der Waals surface area contributed by atoms with Crippen molar-refractivity contribution < 1.29 is 9.31 Å². The average molecular weight is 251 g/mol. The molecule has 3 aliphatic rings. The molecular formula is C14H26BNO2. The van der Waals surface area contributed by atoms with Gasteiger partial charge in [-0.3, -0.25) is 0 Å². The molecule has 18 heavy (non-hydrogen) atoms. The van der Waals surface area contributed by atoms with Gasteiger partial charge >= 0.3 is 7.12 Å². The summed E-state index contributed by atoms with van der Waals surface area (Å²) in [5.41, 5.74) is 0.0568. The van der Waals surface area contributed by atoms with Gasteiger partial charge in [0.2, 0.25) is 0 Å². The Morgan fingerprint density at radius 1 is 1.00 bits per heavy atom. The molecule has 1 N–H and O–H groups in total. The summed E-state index contributed by atoms with van der Waals surface area (Å²) in [6.07, 6.45) is 5.43. The minimum Gasteiger partial charge on any atom is -0.403 e. The van der Waals surface area contributed by atoms with Crippen LogP contribution in [0.2, 0.25) is 5.82 Å². The van der Waals surface area contributed by atoms with Crippen LogP contribution in [0.4, 0.5) is 0 Å². The molecule has 0 amide bonds. The van der Waals surface area contributed by atoms with Gasteiger partial charge in [0.05, 0.1) is 11.2 Å². The van der Waals surface area contributed by atoms with Crippen LogP contribution in [0.1, 0.15) is 53.4 Å². The maximum Gasteiger partial charge on any atom is 0.463 e. The van der Waals surface area contributed by atoms with Gasteiger partial charge in [0.15, 0.2) is 0 Å². The first kappa shape index (κ1) is 13.0. The lowest BCUT2D eigenvalue weighted by Crippen LogP contribution is -2.41. The summed E-state index contributed by atoms with van der Waals surface area (Å²) in [5.74, 6) is 0.529. The molecule has 0 aromatic rings. The van der Waals surface area contributed by atoms with Crippen molar-refractivity contribution in [1.82, 2.24) is 5.32 Å². The lowest BCUT2D eigenvalue weighted by atomic mass is 9.58. The fourth-order valence-corrected chi connectivity index (χ4v) is 3.89. The largest absolute Gasteiger partial charge is 0.463 e. The SMILES string of the molecule is CC1(C)OB(C2CNCC23CCCC3)OC1(C)C. The van der Waals surface area contributed by atoms with Crippen molar-refractivity contribution in [2.75, 3.05) is 13.1 Å². The molecule has 0 bridgehead atoms. The van der Waals surface area contributed by atoms with Crippen molar-refractivity contribution in [3.05, 3.63) is 0 Å². The third-order valence-corrected chi connectivity index (χ3v) is 5.83. The molecule has 3 rings (SSSR count). The first-order valence-electron chi connectivity index (χ1n) is 7.43. The molecule has 1 unspecified atom stereocenters. The van der Waals surface area contributed by atoms with Crippen molar-refractivity contribution in [1.29, 1.82) is 0 Å². The molecule has 2 saturated heterocycles. The predicted molar refractivity (Wildman–Crippen MR) is 73.6 cm³/mol. The number of hydrogen-bond acceptors (Lipinski definition) is 3. The van der Waals surface area contributed by atoms with Crippen LogP contribution in [-0.4, -0.2) is 31.4 Å². The first-order valence-corrected chi connectivity index (χ1v) is 7.43. The van der Waals surface area contributed by atoms with Crippen molar-refractivity contribution in [3.8, 4) is 0 Å². The highest BCUT2D eigenvalue weighted by Crippen LogP contribution is 2.54. The molecule has 2 aliphatic heterocycles. The third-order valence-electron chi connectivity index (χ3n) is 5.83. The highest BCUT2D eigenvalue weighted by molar-refractivity contribution is 6.48. The monoisotopic (exact) mass is 251 g/mol. The van der Waals surface area contributed by atoms with Crippen LogP contribution >= 0.6 is 0 Å². The Hall–Kier alpha value is -0.0551. The summed E-state index contributed by atoms with van der Waals surface area (Å²) in [4.78, 5) is 0. The lowest BCUT2D eigenvalue weighted by Gasteiger charge is -2.32. The summed E-state index contributed by atoms with van der Waals surface area (Å²) in [7, 11) is -0.0249. The molecule has 0 radical (unpaired) electrons. The third kappa shape index (κ3) is 1.76. The van der Waals surface area contributed by atoms with Gasteiger partial charge in [0, 0.05) is 12.4 Å². The molecule has 0 aromatic heterocycles. The molecular weight excluding hydrogens is 225 g/mol. The summed E-state index contributed by atoms with van der Waals surface area (Å²) in [6.45, 7) is 10.8. The molecule has 4 heteroatoms. The maximum absolute atomic E-state index is 6.27.